The van der Waals surface area contributed by atoms with Gasteiger partial charge in [0, 0.05) is 43.6 Å². The number of halogens is 2. The zero-order valence-corrected chi connectivity index (χ0v) is 23.0. The van der Waals surface area contributed by atoms with Crippen LogP contribution in [0.3, 0.4) is 0 Å². The highest BCUT2D eigenvalue weighted by molar-refractivity contribution is 6.35. The standard InChI is InChI=1S/C36H24Cl2N2/c37-27-21-26(22-28(38)23-27)25-15-17-31(18-16-25)39(29-9-3-1-4-10-29)32-19-20-34-33-13-7-8-14-35(33)40(36(34)24-32)30-11-5-2-6-12-30/h1-24H. The molecule has 0 aliphatic heterocycles. The van der Waals surface area contributed by atoms with Crippen LogP contribution in [-0.4, -0.2) is 4.57 Å². The molecule has 192 valence electrons. The summed E-state index contributed by atoms with van der Waals surface area (Å²) < 4.78 is 2.35. The Hall–Kier alpha value is -4.50. The minimum Gasteiger partial charge on any atom is -0.310 e. The van der Waals surface area contributed by atoms with Crippen LogP contribution in [0.25, 0.3) is 38.6 Å². The van der Waals surface area contributed by atoms with Crippen LogP contribution in [0.15, 0.2) is 146 Å². The molecule has 7 rings (SSSR count). The average Bonchev–Trinajstić information content (AvgIpc) is 3.32. The first-order valence-corrected chi connectivity index (χ1v) is 13.9. The van der Waals surface area contributed by atoms with Gasteiger partial charge in [-0.2, -0.15) is 0 Å². The Kier molecular flexibility index (Phi) is 6.28. The molecule has 1 heterocycles. The van der Waals surface area contributed by atoms with Gasteiger partial charge in [0.1, 0.15) is 0 Å². The molecule has 4 heteroatoms. The van der Waals surface area contributed by atoms with Crippen molar-refractivity contribution in [3.63, 3.8) is 0 Å². The summed E-state index contributed by atoms with van der Waals surface area (Å²) in [5.41, 5.74) is 8.77. The molecule has 40 heavy (non-hydrogen) atoms. The SMILES string of the molecule is Clc1cc(Cl)cc(-c2ccc(N(c3ccccc3)c3ccc4c5ccccc5n(-c5ccccc5)c4c3)cc2)c1. The van der Waals surface area contributed by atoms with Gasteiger partial charge in [-0.05, 0) is 83.9 Å². The van der Waals surface area contributed by atoms with E-state index in [1.165, 1.54) is 16.3 Å². The Balaban J connectivity index is 1.41. The van der Waals surface area contributed by atoms with Crippen molar-refractivity contribution in [2.24, 2.45) is 0 Å². The van der Waals surface area contributed by atoms with Crippen molar-refractivity contribution < 1.29 is 0 Å². The lowest BCUT2D eigenvalue weighted by Gasteiger charge is -2.26. The Bertz CT molecular complexity index is 1940. The molecule has 0 saturated carbocycles. The van der Waals surface area contributed by atoms with Gasteiger partial charge in [0.2, 0.25) is 0 Å². The van der Waals surface area contributed by atoms with E-state index in [2.05, 4.69) is 131 Å². The van der Waals surface area contributed by atoms with Crippen LogP contribution in [-0.2, 0) is 0 Å². The molecule has 0 unspecified atom stereocenters. The fourth-order valence-electron chi connectivity index (χ4n) is 5.50. The van der Waals surface area contributed by atoms with Gasteiger partial charge < -0.3 is 9.47 Å². The van der Waals surface area contributed by atoms with Gasteiger partial charge in [0.05, 0.1) is 11.0 Å². The maximum atomic E-state index is 6.28. The lowest BCUT2D eigenvalue weighted by atomic mass is 10.0. The Morgan fingerprint density at radius 3 is 1.73 bits per heavy atom. The molecular weight excluding hydrogens is 531 g/mol. The van der Waals surface area contributed by atoms with E-state index in [1.54, 1.807) is 6.07 Å². The van der Waals surface area contributed by atoms with Crippen LogP contribution in [0, 0.1) is 0 Å². The summed E-state index contributed by atoms with van der Waals surface area (Å²) in [6.45, 7) is 0. The van der Waals surface area contributed by atoms with E-state index < -0.39 is 0 Å². The molecule has 1 aromatic heterocycles. The normalized spacial score (nSPS) is 11.2. The highest BCUT2D eigenvalue weighted by atomic mass is 35.5. The van der Waals surface area contributed by atoms with E-state index in [0.29, 0.717) is 10.0 Å². The highest BCUT2D eigenvalue weighted by Crippen LogP contribution is 2.40. The Morgan fingerprint density at radius 1 is 0.425 bits per heavy atom. The summed E-state index contributed by atoms with van der Waals surface area (Å²) in [5.74, 6) is 0. The first-order chi connectivity index (χ1) is 19.7. The van der Waals surface area contributed by atoms with Crippen molar-refractivity contribution in [2.75, 3.05) is 4.90 Å². The quantitative estimate of drug-likeness (QED) is 0.205. The van der Waals surface area contributed by atoms with Gasteiger partial charge in [-0.3, -0.25) is 0 Å². The Labute approximate surface area is 243 Å². The van der Waals surface area contributed by atoms with Gasteiger partial charge in [-0.25, -0.2) is 0 Å². The van der Waals surface area contributed by atoms with Gasteiger partial charge in [0.25, 0.3) is 0 Å². The summed E-state index contributed by atoms with van der Waals surface area (Å²) in [6, 6.07) is 50.5. The van der Waals surface area contributed by atoms with Crippen molar-refractivity contribution in [1.82, 2.24) is 4.57 Å². The molecular formula is C36H24Cl2N2. The summed E-state index contributed by atoms with van der Waals surface area (Å²) in [4.78, 5) is 2.29. The van der Waals surface area contributed by atoms with Gasteiger partial charge in [0.15, 0.2) is 0 Å². The third-order valence-electron chi connectivity index (χ3n) is 7.27. The highest BCUT2D eigenvalue weighted by Gasteiger charge is 2.17. The van der Waals surface area contributed by atoms with Gasteiger partial charge in [-0.15, -0.1) is 0 Å². The largest absolute Gasteiger partial charge is 0.310 e. The molecule has 0 amide bonds. The van der Waals surface area contributed by atoms with Crippen LogP contribution < -0.4 is 4.90 Å². The molecule has 0 bridgehead atoms. The third kappa shape index (κ3) is 4.42. The fraction of sp³-hybridized carbons (Fsp3) is 0. The van der Waals surface area contributed by atoms with Crippen molar-refractivity contribution in [3.8, 4) is 16.8 Å². The number of benzene rings is 6. The molecule has 0 fully saturated rings. The van der Waals surface area contributed by atoms with Crippen LogP contribution >= 0.6 is 23.2 Å². The van der Waals surface area contributed by atoms with Crippen molar-refractivity contribution in [3.05, 3.63) is 156 Å². The van der Waals surface area contributed by atoms with Crippen LogP contribution in [0.1, 0.15) is 0 Å². The molecule has 6 aromatic carbocycles. The molecule has 0 saturated heterocycles. The average molecular weight is 556 g/mol. The summed E-state index contributed by atoms with van der Waals surface area (Å²) in [7, 11) is 0. The van der Waals surface area contributed by atoms with Crippen LogP contribution in [0.4, 0.5) is 17.1 Å². The molecule has 7 aromatic rings. The van der Waals surface area contributed by atoms with Crippen LogP contribution in [0.2, 0.25) is 10.0 Å². The molecule has 2 nitrogen and oxygen atoms in total. The number of aromatic nitrogens is 1. The maximum absolute atomic E-state index is 6.28. The Morgan fingerprint density at radius 2 is 1.00 bits per heavy atom. The molecule has 0 radical (unpaired) electrons. The second-order valence-electron chi connectivity index (χ2n) is 9.77. The number of fused-ring (bicyclic) bond motifs is 3. The van der Waals surface area contributed by atoms with E-state index in [0.717, 1.165) is 39.4 Å². The molecule has 0 aliphatic rings. The topological polar surface area (TPSA) is 8.17 Å². The predicted molar refractivity (Wildman–Crippen MR) is 171 cm³/mol. The van der Waals surface area contributed by atoms with Gasteiger partial charge >= 0.3 is 0 Å². The van der Waals surface area contributed by atoms with Crippen molar-refractivity contribution in [2.45, 2.75) is 0 Å². The third-order valence-corrected chi connectivity index (χ3v) is 7.70. The summed E-state index contributed by atoms with van der Waals surface area (Å²) in [5, 5.41) is 3.72. The van der Waals surface area contributed by atoms with Crippen molar-refractivity contribution >= 4 is 62.1 Å². The number of hydrogen-bond donors (Lipinski definition) is 0. The van der Waals surface area contributed by atoms with E-state index in [1.807, 2.05) is 18.2 Å². The summed E-state index contributed by atoms with van der Waals surface area (Å²) in [6.07, 6.45) is 0. The minimum absolute atomic E-state index is 0.625. The minimum atomic E-state index is 0.625. The zero-order valence-electron chi connectivity index (χ0n) is 21.5. The second-order valence-corrected chi connectivity index (χ2v) is 10.6. The second kappa shape index (κ2) is 10.2. The van der Waals surface area contributed by atoms with E-state index in [4.69, 9.17) is 23.2 Å². The molecule has 0 N–H and O–H groups in total. The van der Waals surface area contributed by atoms with E-state index in [-0.39, 0.29) is 0 Å². The zero-order chi connectivity index (χ0) is 27.1. The molecule has 0 atom stereocenters. The number of para-hydroxylation sites is 3. The van der Waals surface area contributed by atoms with Crippen LogP contribution in [0.5, 0.6) is 0 Å². The molecule has 0 spiro atoms. The first-order valence-electron chi connectivity index (χ1n) is 13.2. The predicted octanol–water partition coefficient (Wildman–Crippen LogP) is 11.2. The van der Waals surface area contributed by atoms with Gasteiger partial charge in [-0.1, -0.05) is 96.0 Å². The number of anilines is 3. The number of rotatable bonds is 5. The fourth-order valence-corrected chi connectivity index (χ4v) is 6.03. The first kappa shape index (κ1) is 24.5. The smallest absolute Gasteiger partial charge is 0.0561 e. The van der Waals surface area contributed by atoms with E-state index >= 15 is 0 Å². The summed E-state index contributed by atoms with van der Waals surface area (Å²) >= 11 is 12.6. The van der Waals surface area contributed by atoms with E-state index in [9.17, 15) is 0 Å². The van der Waals surface area contributed by atoms with Crippen molar-refractivity contribution in [1.29, 1.82) is 0 Å². The monoisotopic (exact) mass is 554 g/mol. The lowest BCUT2D eigenvalue weighted by Crippen LogP contribution is -2.10. The lowest BCUT2D eigenvalue weighted by molar-refractivity contribution is 1.18. The number of nitrogens with zero attached hydrogens (tertiary/aromatic N) is 2. The maximum Gasteiger partial charge on any atom is 0.0561 e. The number of hydrogen-bond acceptors (Lipinski definition) is 1. The molecule has 0 aliphatic carbocycles.